The number of rotatable bonds is 7. The average molecular weight is 380 g/mol. The maximum atomic E-state index is 11.7. The molecule has 1 saturated heterocycles. The predicted octanol–water partition coefficient (Wildman–Crippen LogP) is 3.59. The average Bonchev–Trinajstić information content (AvgIpc) is 2.74. The van der Waals surface area contributed by atoms with Gasteiger partial charge in [0.2, 0.25) is 0 Å². The molecular formula is C23H28N2O3. The quantitative estimate of drug-likeness (QED) is 0.642. The van der Waals surface area contributed by atoms with E-state index < -0.39 is 11.7 Å². The van der Waals surface area contributed by atoms with Gasteiger partial charge in [-0.3, -0.25) is 0 Å². The molecule has 148 valence electrons. The molecule has 5 heteroatoms. The Hall–Kier alpha value is -2.63. The monoisotopic (exact) mass is 380 g/mol. The standard InChI is InChI=1S/C23H28N2O3/c26-22(28-18-20-7-2-1-3-8-20)25-15-5-4-6-19-9-11-21(12-10-19)23(27)13-16-24-17-14-23/h1-4,6-12,24,27H,5,13-18H2,(H,25,26). The highest BCUT2D eigenvalue weighted by Gasteiger charge is 2.30. The molecule has 0 spiro atoms. The minimum Gasteiger partial charge on any atom is -0.445 e. The van der Waals surface area contributed by atoms with Crippen LogP contribution in [-0.4, -0.2) is 30.8 Å². The summed E-state index contributed by atoms with van der Waals surface area (Å²) in [5.41, 5.74) is 2.31. The highest BCUT2D eigenvalue weighted by molar-refractivity contribution is 5.67. The van der Waals surface area contributed by atoms with Crippen LogP contribution in [0.3, 0.4) is 0 Å². The Labute approximate surface area is 166 Å². The van der Waals surface area contributed by atoms with Crippen LogP contribution in [-0.2, 0) is 16.9 Å². The molecule has 1 heterocycles. The third kappa shape index (κ3) is 5.94. The molecular weight excluding hydrogens is 352 g/mol. The Morgan fingerprint density at radius 1 is 1.11 bits per heavy atom. The predicted molar refractivity (Wildman–Crippen MR) is 111 cm³/mol. The fourth-order valence-corrected chi connectivity index (χ4v) is 3.28. The van der Waals surface area contributed by atoms with Crippen LogP contribution in [0, 0.1) is 0 Å². The van der Waals surface area contributed by atoms with E-state index in [1.807, 2.05) is 66.7 Å². The summed E-state index contributed by atoms with van der Waals surface area (Å²) in [7, 11) is 0. The van der Waals surface area contributed by atoms with Gasteiger partial charge in [0.1, 0.15) is 6.61 Å². The van der Waals surface area contributed by atoms with Crippen molar-refractivity contribution in [3.63, 3.8) is 0 Å². The molecule has 2 aromatic rings. The van der Waals surface area contributed by atoms with Crippen LogP contribution in [0.15, 0.2) is 60.7 Å². The van der Waals surface area contributed by atoms with E-state index in [4.69, 9.17) is 4.74 Å². The summed E-state index contributed by atoms with van der Waals surface area (Å²) in [6, 6.07) is 17.7. The largest absolute Gasteiger partial charge is 0.445 e. The number of carbonyl (C=O) groups is 1. The molecule has 3 rings (SSSR count). The number of benzene rings is 2. The summed E-state index contributed by atoms with van der Waals surface area (Å²) in [4.78, 5) is 11.7. The highest BCUT2D eigenvalue weighted by atomic mass is 16.5. The molecule has 1 fully saturated rings. The third-order valence-electron chi connectivity index (χ3n) is 4.98. The van der Waals surface area contributed by atoms with Gasteiger partial charge < -0.3 is 20.5 Å². The summed E-state index contributed by atoms with van der Waals surface area (Å²) in [6.45, 7) is 2.49. The fraction of sp³-hybridized carbons (Fsp3) is 0.348. The number of piperidine rings is 1. The van der Waals surface area contributed by atoms with Crippen LogP contribution in [0.5, 0.6) is 0 Å². The lowest BCUT2D eigenvalue weighted by Crippen LogP contribution is -2.39. The number of alkyl carbamates (subject to hydrolysis) is 1. The van der Waals surface area contributed by atoms with E-state index in [0.29, 0.717) is 6.54 Å². The zero-order valence-corrected chi connectivity index (χ0v) is 16.1. The summed E-state index contributed by atoms with van der Waals surface area (Å²) >= 11 is 0. The van der Waals surface area contributed by atoms with Gasteiger partial charge in [0.15, 0.2) is 0 Å². The summed E-state index contributed by atoms with van der Waals surface area (Å²) < 4.78 is 5.17. The third-order valence-corrected chi connectivity index (χ3v) is 4.98. The number of nitrogens with one attached hydrogen (secondary N) is 2. The van der Waals surface area contributed by atoms with E-state index in [9.17, 15) is 9.90 Å². The van der Waals surface area contributed by atoms with Gasteiger partial charge in [-0.15, -0.1) is 0 Å². The second kappa shape index (κ2) is 10.1. The molecule has 0 bridgehead atoms. The number of ether oxygens (including phenoxy) is 1. The van der Waals surface area contributed by atoms with Gasteiger partial charge in [0.05, 0.1) is 5.60 Å². The molecule has 1 amide bonds. The summed E-state index contributed by atoms with van der Waals surface area (Å²) in [5.74, 6) is 0. The summed E-state index contributed by atoms with van der Waals surface area (Å²) in [5, 5.41) is 16.8. The maximum absolute atomic E-state index is 11.7. The van der Waals surface area contributed by atoms with Crippen LogP contribution in [0.4, 0.5) is 4.79 Å². The van der Waals surface area contributed by atoms with Crippen molar-refractivity contribution >= 4 is 12.2 Å². The lowest BCUT2D eigenvalue weighted by atomic mass is 9.85. The van der Waals surface area contributed by atoms with E-state index in [2.05, 4.69) is 10.6 Å². The van der Waals surface area contributed by atoms with Crippen molar-refractivity contribution in [1.82, 2.24) is 10.6 Å². The van der Waals surface area contributed by atoms with Crippen molar-refractivity contribution in [3.8, 4) is 0 Å². The molecule has 0 aromatic heterocycles. The molecule has 0 saturated carbocycles. The molecule has 0 atom stereocenters. The van der Waals surface area contributed by atoms with Crippen LogP contribution in [0.2, 0.25) is 0 Å². The normalized spacial score (nSPS) is 16.0. The molecule has 5 nitrogen and oxygen atoms in total. The smallest absolute Gasteiger partial charge is 0.407 e. The lowest BCUT2D eigenvalue weighted by Gasteiger charge is -2.33. The van der Waals surface area contributed by atoms with E-state index in [0.717, 1.165) is 49.0 Å². The van der Waals surface area contributed by atoms with Gasteiger partial charge in [0, 0.05) is 6.54 Å². The Bertz CT molecular complexity index is 766. The van der Waals surface area contributed by atoms with Gasteiger partial charge >= 0.3 is 6.09 Å². The number of amides is 1. The first-order valence-electron chi connectivity index (χ1n) is 9.80. The van der Waals surface area contributed by atoms with Crippen LogP contribution < -0.4 is 10.6 Å². The Morgan fingerprint density at radius 2 is 1.82 bits per heavy atom. The molecule has 28 heavy (non-hydrogen) atoms. The number of aliphatic hydroxyl groups is 1. The minimum absolute atomic E-state index is 0.275. The number of hydrogen-bond donors (Lipinski definition) is 3. The molecule has 2 aromatic carbocycles. The van der Waals surface area contributed by atoms with Crippen LogP contribution >= 0.6 is 0 Å². The fourth-order valence-electron chi connectivity index (χ4n) is 3.28. The first-order chi connectivity index (χ1) is 13.7. The van der Waals surface area contributed by atoms with Crippen molar-refractivity contribution in [2.24, 2.45) is 0 Å². The van der Waals surface area contributed by atoms with Crippen LogP contribution in [0.25, 0.3) is 6.08 Å². The first kappa shape index (κ1) is 20.1. The van der Waals surface area contributed by atoms with Gasteiger partial charge in [-0.2, -0.15) is 0 Å². The van der Waals surface area contributed by atoms with Gasteiger partial charge in [-0.1, -0.05) is 66.7 Å². The lowest BCUT2D eigenvalue weighted by molar-refractivity contribution is 0.00594. The molecule has 0 radical (unpaired) electrons. The van der Waals surface area contributed by atoms with E-state index in [1.165, 1.54) is 0 Å². The van der Waals surface area contributed by atoms with Crippen molar-refractivity contribution in [3.05, 3.63) is 77.4 Å². The van der Waals surface area contributed by atoms with E-state index >= 15 is 0 Å². The van der Waals surface area contributed by atoms with E-state index in [1.54, 1.807) is 0 Å². The van der Waals surface area contributed by atoms with Crippen molar-refractivity contribution in [2.75, 3.05) is 19.6 Å². The number of hydrogen-bond acceptors (Lipinski definition) is 4. The molecule has 1 aliphatic rings. The summed E-state index contributed by atoms with van der Waals surface area (Å²) in [6.07, 6.45) is 5.84. The Kier molecular flexibility index (Phi) is 7.23. The SMILES string of the molecule is O=C(NCCC=Cc1ccc(C2(O)CCNCC2)cc1)OCc1ccccc1. The zero-order valence-electron chi connectivity index (χ0n) is 16.1. The van der Waals surface area contributed by atoms with Crippen molar-refractivity contribution in [1.29, 1.82) is 0 Å². The second-order valence-electron chi connectivity index (χ2n) is 7.08. The molecule has 3 N–H and O–H groups in total. The molecule has 1 aliphatic heterocycles. The molecule has 0 unspecified atom stereocenters. The Morgan fingerprint density at radius 3 is 2.54 bits per heavy atom. The van der Waals surface area contributed by atoms with Gasteiger partial charge in [-0.05, 0) is 49.0 Å². The topological polar surface area (TPSA) is 70.6 Å². The van der Waals surface area contributed by atoms with Crippen LogP contribution in [0.1, 0.15) is 36.0 Å². The Balaban J connectivity index is 1.37. The van der Waals surface area contributed by atoms with E-state index in [-0.39, 0.29) is 6.61 Å². The minimum atomic E-state index is -0.711. The van der Waals surface area contributed by atoms with Gasteiger partial charge in [0.25, 0.3) is 0 Å². The highest BCUT2D eigenvalue weighted by Crippen LogP contribution is 2.30. The number of carbonyl (C=O) groups excluding carboxylic acids is 1. The zero-order chi connectivity index (χ0) is 19.7. The van der Waals surface area contributed by atoms with Crippen molar-refractivity contribution < 1.29 is 14.6 Å². The van der Waals surface area contributed by atoms with Crippen molar-refractivity contribution in [2.45, 2.75) is 31.5 Å². The second-order valence-corrected chi connectivity index (χ2v) is 7.08. The first-order valence-corrected chi connectivity index (χ1v) is 9.80. The maximum Gasteiger partial charge on any atom is 0.407 e. The molecule has 0 aliphatic carbocycles. The van der Waals surface area contributed by atoms with Gasteiger partial charge in [-0.25, -0.2) is 4.79 Å².